The van der Waals surface area contributed by atoms with Crippen LogP contribution in [-0.2, 0) is 6.42 Å². The molecule has 0 atom stereocenters. The molecule has 1 aromatic heterocycles. The molecule has 3 aromatic rings. The molecule has 0 aliphatic rings. The fourth-order valence-electron chi connectivity index (χ4n) is 2.80. The predicted molar refractivity (Wildman–Crippen MR) is 106 cm³/mol. The first-order valence-electron chi connectivity index (χ1n) is 8.15. The van der Waals surface area contributed by atoms with E-state index < -0.39 is 5.43 Å². The van der Waals surface area contributed by atoms with Gasteiger partial charge in [-0.2, -0.15) is 0 Å². The van der Waals surface area contributed by atoms with Gasteiger partial charge in [0, 0.05) is 22.9 Å². The lowest BCUT2D eigenvalue weighted by Gasteiger charge is -2.13. The normalized spacial score (nSPS) is 10.8. The summed E-state index contributed by atoms with van der Waals surface area (Å²) in [6.45, 7) is 3.90. The Kier molecular flexibility index (Phi) is 4.34. The van der Waals surface area contributed by atoms with Crippen LogP contribution in [0.1, 0.15) is 19.4 Å². The van der Waals surface area contributed by atoms with E-state index in [-0.39, 0.29) is 33.9 Å². The van der Waals surface area contributed by atoms with E-state index in [4.69, 9.17) is 21.6 Å². The highest BCUT2D eigenvalue weighted by Crippen LogP contribution is 2.36. The number of benzene rings is 2. The lowest BCUT2D eigenvalue weighted by Crippen LogP contribution is -2.12. The number of nitrogens with two attached hydrogens (primary N) is 3. The minimum Gasteiger partial charge on any atom is -0.507 e. The van der Waals surface area contributed by atoms with Crippen LogP contribution in [0.3, 0.4) is 0 Å². The number of nitrogen functional groups attached to an aromatic ring is 3. The number of rotatable bonds is 3. The molecule has 7 N–H and O–H groups in total. The van der Waals surface area contributed by atoms with E-state index in [9.17, 15) is 9.90 Å². The van der Waals surface area contributed by atoms with Gasteiger partial charge in [0.05, 0.1) is 11.1 Å². The SMILES string of the molecule is CC(C)=CCc1c(O)cc(N)c2c(=O)c(N)c(-c3ccc(N)cc3)oc12. The van der Waals surface area contributed by atoms with Crippen molar-refractivity contribution in [3.8, 4) is 17.1 Å². The Balaban J connectivity index is 2.37. The Labute approximate surface area is 150 Å². The number of hydrogen-bond acceptors (Lipinski definition) is 6. The van der Waals surface area contributed by atoms with Crippen LogP contribution in [0, 0.1) is 0 Å². The summed E-state index contributed by atoms with van der Waals surface area (Å²) in [5.41, 5.74) is 20.4. The first-order valence-corrected chi connectivity index (χ1v) is 8.15. The standard InChI is InChI=1S/C20H21N3O3/c1-10(2)3-8-13-15(24)9-14(22)16-18(25)17(23)19(26-20(13)16)11-4-6-12(21)7-5-11/h3-7,9,24H,8,21-23H2,1-2H3. The van der Waals surface area contributed by atoms with E-state index in [1.54, 1.807) is 24.3 Å². The number of phenols is 1. The van der Waals surface area contributed by atoms with Crippen LogP contribution in [0.25, 0.3) is 22.3 Å². The molecule has 0 saturated carbocycles. The Morgan fingerprint density at radius 2 is 1.81 bits per heavy atom. The quantitative estimate of drug-likeness (QED) is 0.423. The predicted octanol–water partition coefficient (Wildman–Crippen LogP) is 3.42. The molecule has 3 rings (SSSR count). The van der Waals surface area contributed by atoms with Crippen molar-refractivity contribution in [3.05, 3.63) is 57.8 Å². The molecule has 0 aliphatic heterocycles. The van der Waals surface area contributed by atoms with E-state index in [0.717, 1.165) is 5.57 Å². The van der Waals surface area contributed by atoms with E-state index >= 15 is 0 Å². The number of anilines is 3. The van der Waals surface area contributed by atoms with Crippen molar-refractivity contribution in [1.29, 1.82) is 0 Å². The monoisotopic (exact) mass is 351 g/mol. The fraction of sp³-hybridized carbons (Fsp3) is 0.150. The zero-order chi connectivity index (χ0) is 19.0. The van der Waals surface area contributed by atoms with Gasteiger partial charge >= 0.3 is 0 Å². The minimum absolute atomic E-state index is 0.0244. The molecule has 0 spiro atoms. The second-order valence-corrected chi connectivity index (χ2v) is 6.45. The van der Waals surface area contributed by atoms with E-state index in [1.165, 1.54) is 6.07 Å². The summed E-state index contributed by atoms with van der Waals surface area (Å²) in [5, 5.41) is 10.5. The summed E-state index contributed by atoms with van der Waals surface area (Å²) < 4.78 is 5.99. The topological polar surface area (TPSA) is 128 Å². The molecule has 6 nitrogen and oxygen atoms in total. The number of hydrogen-bond donors (Lipinski definition) is 4. The van der Waals surface area contributed by atoms with Gasteiger partial charge in [-0.3, -0.25) is 4.79 Å². The third kappa shape index (κ3) is 2.97. The number of phenolic OH excluding ortho intramolecular Hbond substituents is 1. The van der Waals surface area contributed by atoms with Gasteiger partial charge in [-0.15, -0.1) is 0 Å². The average molecular weight is 351 g/mol. The molecular formula is C20H21N3O3. The maximum absolute atomic E-state index is 12.8. The summed E-state index contributed by atoms with van der Waals surface area (Å²) in [6.07, 6.45) is 2.34. The van der Waals surface area contributed by atoms with Gasteiger partial charge in [-0.1, -0.05) is 11.6 Å². The van der Waals surface area contributed by atoms with Crippen LogP contribution in [0.5, 0.6) is 5.75 Å². The molecule has 26 heavy (non-hydrogen) atoms. The first kappa shape index (κ1) is 17.4. The van der Waals surface area contributed by atoms with Crippen molar-refractivity contribution in [2.24, 2.45) is 0 Å². The van der Waals surface area contributed by atoms with E-state index in [0.29, 0.717) is 23.2 Å². The maximum atomic E-state index is 12.8. The number of fused-ring (bicyclic) bond motifs is 1. The van der Waals surface area contributed by atoms with E-state index in [2.05, 4.69) is 0 Å². The van der Waals surface area contributed by atoms with Gasteiger partial charge in [0.25, 0.3) is 0 Å². The second kappa shape index (κ2) is 6.48. The molecule has 0 saturated heterocycles. The average Bonchev–Trinajstić information content (AvgIpc) is 2.57. The van der Waals surface area contributed by atoms with Crippen molar-refractivity contribution in [1.82, 2.24) is 0 Å². The summed E-state index contributed by atoms with van der Waals surface area (Å²) in [7, 11) is 0. The van der Waals surface area contributed by atoms with Crippen molar-refractivity contribution < 1.29 is 9.52 Å². The summed E-state index contributed by atoms with van der Waals surface area (Å²) in [5.74, 6) is 0.203. The van der Waals surface area contributed by atoms with Crippen molar-refractivity contribution >= 4 is 28.0 Å². The Morgan fingerprint density at radius 1 is 1.15 bits per heavy atom. The molecular weight excluding hydrogens is 330 g/mol. The first-order chi connectivity index (χ1) is 12.3. The zero-order valence-corrected chi connectivity index (χ0v) is 14.7. The smallest absolute Gasteiger partial charge is 0.218 e. The minimum atomic E-state index is -0.422. The molecule has 0 aliphatic carbocycles. The summed E-state index contributed by atoms with van der Waals surface area (Å²) in [4.78, 5) is 12.8. The lowest BCUT2D eigenvalue weighted by atomic mass is 10.0. The Bertz CT molecular complexity index is 1080. The molecule has 134 valence electrons. The maximum Gasteiger partial charge on any atom is 0.218 e. The highest BCUT2D eigenvalue weighted by molar-refractivity contribution is 5.96. The number of aromatic hydroxyl groups is 1. The molecule has 2 aromatic carbocycles. The van der Waals surface area contributed by atoms with Crippen LogP contribution >= 0.6 is 0 Å². The van der Waals surface area contributed by atoms with Crippen LogP contribution in [0.4, 0.5) is 17.1 Å². The highest BCUT2D eigenvalue weighted by atomic mass is 16.3. The van der Waals surface area contributed by atoms with Crippen molar-refractivity contribution in [3.63, 3.8) is 0 Å². The number of allylic oxidation sites excluding steroid dienone is 2. The van der Waals surface area contributed by atoms with Gasteiger partial charge < -0.3 is 26.7 Å². The summed E-state index contributed by atoms with van der Waals surface area (Å²) >= 11 is 0. The second-order valence-electron chi connectivity index (χ2n) is 6.45. The third-order valence-corrected chi connectivity index (χ3v) is 4.20. The summed E-state index contributed by atoms with van der Waals surface area (Å²) in [6, 6.07) is 8.19. The van der Waals surface area contributed by atoms with Gasteiger partial charge in [-0.25, -0.2) is 0 Å². The molecule has 0 unspecified atom stereocenters. The van der Waals surface area contributed by atoms with Crippen LogP contribution < -0.4 is 22.6 Å². The third-order valence-electron chi connectivity index (χ3n) is 4.20. The molecule has 0 amide bonds. The van der Waals surface area contributed by atoms with Crippen molar-refractivity contribution in [2.45, 2.75) is 20.3 Å². The Morgan fingerprint density at radius 3 is 2.42 bits per heavy atom. The Hall–Kier alpha value is -3.41. The molecule has 0 fully saturated rings. The largest absolute Gasteiger partial charge is 0.507 e. The zero-order valence-electron chi connectivity index (χ0n) is 14.7. The highest BCUT2D eigenvalue weighted by Gasteiger charge is 2.20. The fourth-order valence-corrected chi connectivity index (χ4v) is 2.80. The van der Waals surface area contributed by atoms with Gasteiger partial charge in [0.2, 0.25) is 5.43 Å². The molecule has 0 radical (unpaired) electrons. The molecule has 6 heteroatoms. The van der Waals surface area contributed by atoms with Gasteiger partial charge in [0.1, 0.15) is 17.0 Å². The molecule has 1 heterocycles. The lowest BCUT2D eigenvalue weighted by molar-refractivity contribution is 0.468. The van der Waals surface area contributed by atoms with E-state index in [1.807, 2.05) is 19.9 Å². The van der Waals surface area contributed by atoms with Crippen LogP contribution in [-0.4, -0.2) is 5.11 Å². The van der Waals surface area contributed by atoms with Crippen LogP contribution in [0.2, 0.25) is 0 Å². The van der Waals surface area contributed by atoms with Gasteiger partial charge in [0.15, 0.2) is 5.76 Å². The van der Waals surface area contributed by atoms with Gasteiger partial charge in [-0.05, 0) is 44.5 Å². The van der Waals surface area contributed by atoms with Crippen molar-refractivity contribution in [2.75, 3.05) is 17.2 Å². The molecule has 0 bridgehead atoms. The van der Waals surface area contributed by atoms with Crippen LogP contribution in [0.15, 0.2) is 51.2 Å².